The van der Waals surface area contributed by atoms with Gasteiger partial charge in [-0.3, -0.25) is 0 Å². The molecule has 4 atom stereocenters. The molecule has 0 spiro atoms. The van der Waals surface area contributed by atoms with Gasteiger partial charge < -0.3 is 18.9 Å². The van der Waals surface area contributed by atoms with Gasteiger partial charge in [-0.05, 0) is 24.9 Å². The average Bonchev–Trinajstić information content (AvgIpc) is 2.98. The SMILES string of the molecule is C#C[C@H]1O[C@@H]2OC(C)(C)O[C@@H]2[C@H]1OCc1ccccc1N=[N+]=[N-]. The Labute approximate surface area is 134 Å². The summed E-state index contributed by atoms with van der Waals surface area (Å²) in [5, 5.41) is 3.65. The highest BCUT2D eigenvalue weighted by atomic mass is 16.8. The first-order valence-corrected chi connectivity index (χ1v) is 7.26. The summed E-state index contributed by atoms with van der Waals surface area (Å²) in [6, 6.07) is 7.20. The van der Waals surface area contributed by atoms with Crippen molar-refractivity contribution in [3.8, 4) is 12.3 Å². The zero-order valence-electron chi connectivity index (χ0n) is 12.9. The molecule has 0 N–H and O–H groups in total. The van der Waals surface area contributed by atoms with Crippen LogP contribution in [0.15, 0.2) is 29.4 Å². The van der Waals surface area contributed by atoms with Crippen molar-refractivity contribution < 1.29 is 18.9 Å². The molecule has 23 heavy (non-hydrogen) atoms. The van der Waals surface area contributed by atoms with Crippen LogP contribution in [-0.4, -0.2) is 30.4 Å². The van der Waals surface area contributed by atoms with E-state index in [-0.39, 0.29) is 6.61 Å². The smallest absolute Gasteiger partial charge is 0.191 e. The van der Waals surface area contributed by atoms with Crippen molar-refractivity contribution in [3.63, 3.8) is 0 Å². The van der Waals surface area contributed by atoms with E-state index in [1.807, 2.05) is 26.0 Å². The van der Waals surface area contributed by atoms with Gasteiger partial charge in [-0.15, -0.1) is 6.42 Å². The number of hydrogen-bond donors (Lipinski definition) is 0. The summed E-state index contributed by atoms with van der Waals surface area (Å²) in [5.74, 6) is 1.82. The van der Waals surface area contributed by atoms with Crippen LogP contribution >= 0.6 is 0 Å². The zero-order chi connectivity index (χ0) is 16.4. The molecule has 7 heteroatoms. The standard InChI is InChI=1S/C16H17N3O4/c1-4-12-13(14-15(21-12)23-16(2,3)22-14)20-9-10-7-5-6-8-11(10)18-19-17/h1,5-8,12-15H,9H2,2-3H3/t12-,13+,14-,15-/m1/s1. The molecule has 2 heterocycles. The van der Waals surface area contributed by atoms with E-state index in [1.165, 1.54) is 0 Å². The van der Waals surface area contributed by atoms with Gasteiger partial charge in [-0.2, -0.15) is 0 Å². The number of fused-ring (bicyclic) bond motifs is 1. The molecule has 120 valence electrons. The van der Waals surface area contributed by atoms with Crippen LogP contribution in [0.3, 0.4) is 0 Å². The molecule has 0 aromatic heterocycles. The van der Waals surface area contributed by atoms with E-state index >= 15 is 0 Å². The Kier molecular flexibility index (Phi) is 4.26. The van der Waals surface area contributed by atoms with E-state index in [1.54, 1.807) is 12.1 Å². The highest BCUT2D eigenvalue weighted by Gasteiger charge is 2.55. The summed E-state index contributed by atoms with van der Waals surface area (Å²) >= 11 is 0. The number of benzene rings is 1. The Morgan fingerprint density at radius 3 is 2.91 bits per heavy atom. The molecule has 1 aromatic carbocycles. The third-order valence-corrected chi connectivity index (χ3v) is 3.73. The second kappa shape index (κ2) is 6.20. The van der Waals surface area contributed by atoms with Crippen LogP contribution in [0.4, 0.5) is 5.69 Å². The average molecular weight is 315 g/mol. The number of azide groups is 1. The van der Waals surface area contributed by atoms with Crippen LogP contribution in [0, 0.1) is 12.3 Å². The first kappa shape index (κ1) is 15.8. The highest BCUT2D eigenvalue weighted by Crippen LogP contribution is 2.39. The summed E-state index contributed by atoms with van der Waals surface area (Å²) in [6.45, 7) is 3.86. The van der Waals surface area contributed by atoms with Gasteiger partial charge in [0.05, 0.1) is 6.61 Å². The van der Waals surface area contributed by atoms with E-state index in [4.69, 9.17) is 30.9 Å². The number of terminal acetylenes is 1. The molecule has 2 fully saturated rings. The predicted octanol–water partition coefficient (Wildman–Crippen LogP) is 3.02. The maximum absolute atomic E-state index is 8.62. The molecule has 2 saturated heterocycles. The third-order valence-electron chi connectivity index (χ3n) is 3.73. The molecule has 2 aliphatic rings. The van der Waals surface area contributed by atoms with Crippen LogP contribution in [-0.2, 0) is 25.6 Å². The highest BCUT2D eigenvalue weighted by molar-refractivity contribution is 5.45. The van der Waals surface area contributed by atoms with Gasteiger partial charge in [0.25, 0.3) is 0 Å². The van der Waals surface area contributed by atoms with Gasteiger partial charge in [0.15, 0.2) is 12.1 Å². The lowest BCUT2D eigenvalue weighted by Gasteiger charge is -2.23. The van der Waals surface area contributed by atoms with Crippen molar-refractivity contribution in [1.82, 2.24) is 0 Å². The van der Waals surface area contributed by atoms with Crippen molar-refractivity contribution >= 4 is 5.69 Å². The van der Waals surface area contributed by atoms with Crippen LogP contribution < -0.4 is 0 Å². The molecular weight excluding hydrogens is 298 g/mol. The van der Waals surface area contributed by atoms with Gasteiger partial charge in [0.2, 0.25) is 0 Å². The Balaban J connectivity index is 1.74. The summed E-state index contributed by atoms with van der Waals surface area (Å²) < 4.78 is 23.1. The lowest BCUT2D eigenvalue weighted by atomic mass is 10.1. The van der Waals surface area contributed by atoms with Gasteiger partial charge in [0.1, 0.15) is 18.3 Å². The van der Waals surface area contributed by atoms with Gasteiger partial charge in [-0.25, -0.2) is 0 Å². The molecule has 1 aromatic rings. The van der Waals surface area contributed by atoms with Gasteiger partial charge >= 0.3 is 0 Å². The van der Waals surface area contributed by atoms with E-state index in [9.17, 15) is 0 Å². The zero-order valence-corrected chi connectivity index (χ0v) is 12.9. The predicted molar refractivity (Wildman–Crippen MR) is 81.4 cm³/mol. The second-order valence-electron chi connectivity index (χ2n) is 5.79. The Morgan fingerprint density at radius 2 is 2.17 bits per heavy atom. The monoisotopic (exact) mass is 315 g/mol. The number of ether oxygens (including phenoxy) is 4. The fraction of sp³-hybridized carbons (Fsp3) is 0.500. The Hall–Kier alpha value is -2.07. The van der Waals surface area contributed by atoms with E-state index < -0.39 is 30.4 Å². The minimum absolute atomic E-state index is 0.231. The van der Waals surface area contributed by atoms with Crippen molar-refractivity contribution in [2.24, 2.45) is 5.11 Å². The van der Waals surface area contributed by atoms with Crippen LogP contribution in [0.2, 0.25) is 0 Å². The molecule has 0 amide bonds. The minimum atomic E-state index is -0.737. The largest absolute Gasteiger partial charge is 0.367 e. The quantitative estimate of drug-likeness (QED) is 0.370. The molecule has 3 rings (SSSR count). The number of nitrogens with zero attached hydrogens (tertiary/aromatic N) is 3. The molecule has 0 unspecified atom stereocenters. The first-order valence-electron chi connectivity index (χ1n) is 7.26. The topological polar surface area (TPSA) is 85.7 Å². The lowest BCUT2D eigenvalue weighted by molar-refractivity contribution is -0.211. The third kappa shape index (κ3) is 3.17. The van der Waals surface area contributed by atoms with E-state index in [2.05, 4.69) is 15.9 Å². The molecule has 0 aliphatic carbocycles. The van der Waals surface area contributed by atoms with Crippen molar-refractivity contribution in [2.75, 3.05) is 0 Å². The summed E-state index contributed by atoms with van der Waals surface area (Å²) in [6.07, 6.45) is 3.58. The Bertz CT molecular complexity index is 678. The fourth-order valence-corrected chi connectivity index (χ4v) is 2.76. The second-order valence-corrected chi connectivity index (χ2v) is 5.79. The van der Waals surface area contributed by atoms with E-state index in [0.717, 1.165) is 5.56 Å². The van der Waals surface area contributed by atoms with Crippen LogP contribution in [0.1, 0.15) is 19.4 Å². The van der Waals surface area contributed by atoms with Crippen LogP contribution in [0.5, 0.6) is 0 Å². The molecule has 0 saturated carbocycles. The normalized spacial score (nSPS) is 31.2. The summed E-state index contributed by atoms with van der Waals surface area (Å²) in [4.78, 5) is 2.82. The molecule has 0 radical (unpaired) electrons. The van der Waals surface area contributed by atoms with Crippen molar-refractivity contribution in [2.45, 2.75) is 50.8 Å². The van der Waals surface area contributed by atoms with Gasteiger partial charge in [-0.1, -0.05) is 35.3 Å². The van der Waals surface area contributed by atoms with Crippen molar-refractivity contribution in [1.29, 1.82) is 0 Å². The fourth-order valence-electron chi connectivity index (χ4n) is 2.76. The maximum Gasteiger partial charge on any atom is 0.191 e. The molecular formula is C16H17N3O4. The number of hydrogen-bond acceptors (Lipinski definition) is 5. The Morgan fingerprint density at radius 1 is 1.39 bits per heavy atom. The van der Waals surface area contributed by atoms with Crippen LogP contribution in [0.25, 0.3) is 10.4 Å². The lowest BCUT2D eigenvalue weighted by Crippen LogP contribution is -2.36. The number of rotatable bonds is 4. The van der Waals surface area contributed by atoms with Gasteiger partial charge in [0, 0.05) is 10.6 Å². The molecule has 7 nitrogen and oxygen atoms in total. The maximum atomic E-state index is 8.62. The van der Waals surface area contributed by atoms with Crippen molar-refractivity contribution in [3.05, 3.63) is 40.3 Å². The first-order chi connectivity index (χ1) is 11.0. The minimum Gasteiger partial charge on any atom is -0.367 e. The summed E-state index contributed by atoms with van der Waals surface area (Å²) in [5.41, 5.74) is 9.91. The summed E-state index contributed by atoms with van der Waals surface area (Å²) in [7, 11) is 0. The van der Waals surface area contributed by atoms with E-state index in [0.29, 0.717) is 5.69 Å². The molecule has 0 bridgehead atoms. The molecule has 2 aliphatic heterocycles.